The fourth-order valence-corrected chi connectivity index (χ4v) is 2.02. The van der Waals surface area contributed by atoms with E-state index in [4.69, 9.17) is 4.84 Å². The number of rotatable bonds is 5. The number of nitrogens with zero attached hydrogens (tertiary/aromatic N) is 2. The number of nitrogens with one attached hydrogen (secondary N) is 1. The number of hydroxylamine groups is 1. The van der Waals surface area contributed by atoms with E-state index in [0.717, 1.165) is 13.1 Å². The summed E-state index contributed by atoms with van der Waals surface area (Å²) in [5, 5.41) is 0. The molecule has 0 unspecified atom stereocenters. The Labute approximate surface area is 90.6 Å². The van der Waals surface area contributed by atoms with Crippen LogP contribution in [0.3, 0.4) is 0 Å². The van der Waals surface area contributed by atoms with Crippen LogP contribution in [0, 0.1) is 0 Å². The Hall–Kier alpha value is -0.870. The summed E-state index contributed by atoms with van der Waals surface area (Å²) in [4.78, 5) is 9.70. The molecule has 1 N–H and O–H groups in total. The highest BCUT2D eigenvalue weighted by atomic mass is 16.7. The normalized spacial score (nSPS) is 17.4. The summed E-state index contributed by atoms with van der Waals surface area (Å²) < 4.78 is 2.12. The molecule has 4 nitrogen and oxygen atoms in total. The molecule has 4 heteroatoms. The molecule has 0 saturated heterocycles. The lowest BCUT2D eigenvalue weighted by molar-refractivity contribution is -0.0252. The number of hydrogen-bond donors (Lipinski definition) is 1. The Bertz CT molecular complexity index is 292. The van der Waals surface area contributed by atoms with E-state index in [1.807, 2.05) is 12.5 Å². The molecule has 1 saturated carbocycles. The fourth-order valence-electron chi connectivity index (χ4n) is 2.02. The summed E-state index contributed by atoms with van der Waals surface area (Å²) in [5.74, 6) is 0. The first-order chi connectivity index (χ1) is 7.40. The lowest BCUT2D eigenvalue weighted by atomic mass is 10.3. The van der Waals surface area contributed by atoms with Crippen LogP contribution in [0.1, 0.15) is 38.3 Å². The summed E-state index contributed by atoms with van der Waals surface area (Å²) in [6.07, 6.45) is 9.16. The van der Waals surface area contributed by atoms with Crippen LogP contribution in [0.2, 0.25) is 0 Å². The molecule has 0 aromatic carbocycles. The Kier molecular flexibility index (Phi) is 3.75. The predicted molar refractivity (Wildman–Crippen MR) is 58.1 cm³/mol. The van der Waals surface area contributed by atoms with E-state index in [1.165, 1.54) is 31.4 Å². The van der Waals surface area contributed by atoms with Crippen molar-refractivity contribution < 1.29 is 4.84 Å². The second-order valence-electron chi connectivity index (χ2n) is 4.02. The maximum Gasteiger partial charge on any atom is 0.0948 e. The zero-order valence-corrected chi connectivity index (χ0v) is 9.28. The van der Waals surface area contributed by atoms with Crippen molar-refractivity contribution >= 4 is 0 Å². The van der Waals surface area contributed by atoms with Crippen LogP contribution in [0.15, 0.2) is 12.5 Å². The zero-order valence-electron chi connectivity index (χ0n) is 9.28. The van der Waals surface area contributed by atoms with Gasteiger partial charge in [0, 0.05) is 12.7 Å². The van der Waals surface area contributed by atoms with Crippen LogP contribution in [-0.4, -0.2) is 15.7 Å². The minimum Gasteiger partial charge on any atom is -0.334 e. The van der Waals surface area contributed by atoms with Gasteiger partial charge in [-0.25, -0.2) is 4.98 Å². The van der Waals surface area contributed by atoms with Gasteiger partial charge in [-0.1, -0.05) is 12.8 Å². The molecular formula is C11H19N3O. The third-order valence-corrected chi connectivity index (χ3v) is 2.94. The molecule has 1 fully saturated rings. The summed E-state index contributed by atoms with van der Waals surface area (Å²) >= 11 is 0. The Balaban J connectivity index is 1.73. The maximum atomic E-state index is 5.58. The first-order valence-corrected chi connectivity index (χ1v) is 5.77. The number of hydrogen-bond acceptors (Lipinski definition) is 3. The minimum atomic E-state index is 0.419. The monoisotopic (exact) mass is 209 g/mol. The van der Waals surface area contributed by atoms with Gasteiger partial charge in [0.25, 0.3) is 0 Å². The van der Waals surface area contributed by atoms with E-state index in [1.54, 1.807) is 0 Å². The topological polar surface area (TPSA) is 39.1 Å². The first-order valence-electron chi connectivity index (χ1n) is 5.77. The lowest BCUT2D eigenvalue weighted by Gasteiger charge is -2.12. The average molecular weight is 209 g/mol. The minimum absolute atomic E-state index is 0.419. The van der Waals surface area contributed by atoms with Crippen LogP contribution in [0.5, 0.6) is 0 Å². The third-order valence-electron chi connectivity index (χ3n) is 2.94. The van der Waals surface area contributed by atoms with Crippen molar-refractivity contribution in [1.82, 2.24) is 15.0 Å². The summed E-state index contributed by atoms with van der Waals surface area (Å²) in [7, 11) is 0. The van der Waals surface area contributed by atoms with Gasteiger partial charge in [0.15, 0.2) is 0 Å². The molecule has 1 aliphatic carbocycles. The van der Waals surface area contributed by atoms with Crippen LogP contribution >= 0.6 is 0 Å². The van der Waals surface area contributed by atoms with Crippen LogP contribution in [-0.2, 0) is 17.9 Å². The van der Waals surface area contributed by atoms with Crippen molar-refractivity contribution in [3.8, 4) is 0 Å². The zero-order chi connectivity index (χ0) is 10.5. The van der Waals surface area contributed by atoms with Crippen molar-refractivity contribution in [1.29, 1.82) is 0 Å². The van der Waals surface area contributed by atoms with Crippen molar-refractivity contribution in [2.45, 2.75) is 51.8 Å². The summed E-state index contributed by atoms with van der Waals surface area (Å²) in [6.45, 7) is 3.81. The van der Waals surface area contributed by atoms with Gasteiger partial charge in [-0.2, -0.15) is 5.48 Å². The lowest BCUT2D eigenvalue weighted by Crippen LogP contribution is -2.22. The smallest absolute Gasteiger partial charge is 0.0948 e. The molecule has 15 heavy (non-hydrogen) atoms. The largest absolute Gasteiger partial charge is 0.334 e. The highest BCUT2D eigenvalue weighted by molar-refractivity contribution is 4.96. The highest BCUT2D eigenvalue weighted by Gasteiger charge is 2.15. The van der Waals surface area contributed by atoms with Crippen molar-refractivity contribution in [2.24, 2.45) is 0 Å². The molecule has 84 valence electrons. The molecule has 0 amide bonds. The molecule has 0 spiro atoms. The summed E-state index contributed by atoms with van der Waals surface area (Å²) in [6, 6.07) is 0. The molecule has 1 aromatic rings. The molecular weight excluding hydrogens is 190 g/mol. The predicted octanol–water partition coefficient (Wildman–Crippen LogP) is 1.87. The second kappa shape index (κ2) is 5.28. The fraction of sp³-hybridized carbons (Fsp3) is 0.727. The first kappa shape index (κ1) is 10.6. The highest BCUT2D eigenvalue weighted by Crippen LogP contribution is 2.19. The van der Waals surface area contributed by atoms with Crippen molar-refractivity contribution in [3.05, 3.63) is 18.2 Å². The van der Waals surface area contributed by atoms with Crippen LogP contribution < -0.4 is 5.48 Å². The van der Waals surface area contributed by atoms with Crippen LogP contribution in [0.4, 0.5) is 0 Å². The van der Waals surface area contributed by atoms with Gasteiger partial charge in [-0.3, -0.25) is 4.84 Å². The third kappa shape index (κ3) is 2.79. The Morgan fingerprint density at radius 1 is 1.53 bits per heavy atom. The number of aromatic nitrogens is 2. The molecule has 0 bridgehead atoms. The average Bonchev–Trinajstić information content (AvgIpc) is 2.88. The van der Waals surface area contributed by atoms with Crippen LogP contribution in [0.25, 0.3) is 0 Å². The van der Waals surface area contributed by atoms with E-state index >= 15 is 0 Å². The van der Waals surface area contributed by atoms with Crippen molar-refractivity contribution in [3.63, 3.8) is 0 Å². The van der Waals surface area contributed by atoms with E-state index in [-0.39, 0.29) is 0 Å². The standard InChI is InChI=1S/C11H19N3O/c1-2-14-9-12-7-10(14)8-13-15-11-5-3-4-6-11/h7,9,11,13H,2-6,8H2,1H3. The molecule has 0 radical (unpaired) electrons. The quantitative estimate of drug-likeness (QED) is 0.752. The molecule has 2 rings (SSSR count). The van der Waals surface area contributed by atoms with Gasteiger partial charge in [0.05, 0.1) is 24.7 Å². The molecule has 1 heterocycles. The number of aryl methyl sites for hydroxylation is 1. The van der Waals surface area contributed by atoms with Gasteiger partial charge in [-0.05, 0) is 19.8 Å². The second-order valence-corrected chi connectivity index (χ2v) is 4.02. The van der Waals surface area contributed by atoms with Gasteiger partial charge in [-0.15, -0.1) is 0 Å². The molecule has 1 aliphatic rings. The number of imidazole rings is 1. The Morgan fingerprint density at radius 2 is 2.33 bits per heavy atom. The molecule has 0 atom stereocenters. The van der Waals surface area contributed by atoms with Gasteiger partial charge >= 0.3 is 0 Å². The van der Waals surface area contributed by atoms with E-state index < -0.39 is 0 Å². The van der Waals surface area contributed by atoms with E-state index in [0.29, 0.717) is 6.10 Å². The van der Waals surface area contributed by atoms with Gasteiger partial charge in [0.2, 0.25) is 0 Å². The SMILES string of the molecule is CCn1cncc1CNOC1CCCC1. The van der Waals surface area contributed by atoms with Crippen molar-refractivity contribution in [2.75, 3.05) is 0 Å². The van der Waals surface area contributed by atoms with E-state index in [2.05, 4.69) is 22.0 Å². The summed E-state index contributed by atoms with van der Waals surface area (Å²) in [5.41, 5.74) is 4.22. The molecule has 0 aliphatic heterocycles. The Morgan fingerprint density at radius 3 is 3.07 bits per heavy atom. The maximum absolute atomic E-state index is 5.58. The van der Waals surface area contributed by atoms with E-state index in [9.17, 15) is 0 Å². The van der Waals surface area contributed by atoms with Gasteiger partial charge in [0.1, 0.15) is 0 Å². The van der Waals surface area contributed by atoms with Gasteiger partial charge < -0.3 is 4.57 Å². The molecule has 1 aromatic heterocycles.